The number of halogens is 2. The van der Waals surface area contributed by atoms with Gasteiger partial charge in [0.2, 0.25) is 11.7 Å². The van der Waals surface area contributed by atoms with E-state index >= 15 is 0 Å². The van der Waals surface area contributed by atoms with E-state index in [2.05, 4.69) is 15.4 Å². The Morgan fingerprint density at radius 1 is 1.23 bits per heavy atom. The van der Waals surface area contributed by atoms with E-state index in [1.165, 1.54) is 25.0 Å². The summed E-state index contributed by atoms with van der Waals surface area (Å²) in [4.78, 5) is 29.4. The summed E-state index contributed by atoms with van der Waals surface area (Å²) in [6, 6.07) is 4.08. The van der Waals surface area contributed by atoms with Crippen molar-refractivity contribution in [3.05, 3.63) is 41.7 Å². The van der Waals surface area contributed by atoms with Crippen LogP contribution in [0.25, 0.3) is 11.3 Å². The molecule has 2 amide bonds. The number of nitrogens with one attached hydrogen (secondary N) is 1. The number of likely N-dealkylation sites (tertiary alicyclic amines) is 1. The predicted octanol–water partition coefficient (Wildman–Crippen LogP) is 2.54. The van der Waals surface area contributed by atoms with Gasteiger partial charge in [0.1, 0.15) is 17.3 Å². The third-order valence-corrected chi connectivity index (χ3v) is 5.93. The van der Waals surface area contributed by atoms with Crippen LogP contribution < -0.4 is 5.32 Å². The van der Waals surface area contributed by atoms with Crippen molar-refractivity contribution >= 4 is 11.8 Å². The molecule has 2 fully saturated rings. The van der Waals surface area contributed by atoms with Gasteiger partial charge in [-0.2, -0.15) is 0 Å². The lowest BCUT2D eigenvalue weighted by molar-refractivity contribution is -0.135. The van der Waals surface area contributed by atoms with Crippen LogP contribution in [-0.4, -0.2) is 66.5 Å². The summed E-state index contributed by atoms with van der Waals surface area (Å²) in [6.45, 7) is 2.40. The van der Waals surface area contributed by atoms with E-state index in [0.717, 1.165) is 31.1 Å². The van der Waals surface area contributed by atoms with Gasteiger partial charge in [0.05, 0.1) is 5.92 Å². The van der Waals surface area contributed by atoms with E-state index in [9.17, 15) is 18.4 Å². The molecule has 1 saturated carbocycles. The molecule has 1 aliphatic heterocycles. The maximum absolute atomic E-state index is 14.0. The van der Waals surface area contributed by atoms with Crippen molar-refractivity contribution in [2.45, 2.75) is 25.3 Å². The van der Waals surface area contributed by atoms with Gasteiger partial charge in [-0.25, -0.2) is 8.78 Å². The summed E-state index contributed by atoms with van der Waals surface area (Å²) in [7, 11) is 3.42. The predicted molar refractivity (Wildman–Crippen MR) is 109 cm³/mol. The van der Waals surface area contributed by atoms with Gasteiger partial charge < -0.3 is 19.6 Å². The molecule has 0 bridgehead atoms. The van der Waals surface area contributed by atoms with Crippen LogP contribution in [0.2, 0.25) is 0 Å². The third-order valence-electron chi connectivity index (χ3n) is 5.93. The lowest BCUT2D eigenvalue weighted by Gasteiger charge is -2.39. The zero-order chi connectivity index (χ0) is 22.1. The quantitative estimate of drug-likeness (QED) is 0.759. The fraction of sp³-hybridized carbons (Fsp3) is 0.500. The minimum atomic E-state index is -0.792. The average Bonchev–Trinajstić information content (AvgIpc) is 3.40. The highest BCUT2D eigenvalue weighted by Crippen LogP contribution is 2.31. The number of amides is 2. The van der Waals surface area contributed by atoms with Gasteiger partial charge in [0, 0.05) is 57.5 Å². The van der Waals surface area contributed by atoms with Crippen molar-refractivity contribution in [1.82, 2.24) is 20.3 Å². The summed E-state index contributed by atoms with van der Waals surface area (Å²) in [5, 5.41) is 6.64. The van der Waals surface area contributed by atoms with E-state index < -0.39 is 17.5 Å². The van der Waals surface area contributed by atoms with Crippen LogP contribution in [0.4, 0.5) is 8.78 Å². The molecule has 1 aliphatic carbocycles. The highest BCUT2D eigenvalue weighted by Gasteiger charge is 2.38. The Morgan fingerprint density at radius 3 is 2.68 bits per heavy atom. The largest absolute Gasteiger partial charge is 0.350 e. The third kappa shape index (κ3) is 4.92. The second-order valence-corrected chi connectivity index (χ2v) is 8.61. The molecule has 2 aliphatic rings. The number of hydrogen-bond acceptors (Lipinski definition) is 5. The molecule has 31 heavy (non-hydrogen) atoms. The second kappa shape index (κ2) is 8.74. The summed E-state index contributed by atoms with van der Waals surface area (Å²) in [5.74, 6) is -1.76. The van der Waals surface area contributed by atoms with Crippen LogP contribution in [-0.2, 0) is 4.79 Å². The van der Waals surface area contributed by atoms with E-state index in [1.807, 2.05) is 0 Å². The molecule has 2 heterocycles. The van der Waals surface area contributed by atoms with Gasteiger partial charge in [-0.3, -0.25) is 9.59 Å². The Labute approximate surface area is 179 Å². The molecular weight excluding hydrogens is 406 g/mol. The van der Waals surface area contributed by atoms with E-state index in [1.54, 1.807) is 19.0 Å². The average molecular weight is 432 g/mol. The fourth-order valence-corrected chi connectivity index (χ4v) is 4.05. The summed E-state index contributed by atoms with van der Waals surface area (Å²) in [6.07, 6.45) is 3.13. The van der Waals surface area contributed by atoms with Gasteiger partial charge in [0.15, 0.2) is 0 Å². The minimum Gasteiger partial charge on any atom is -0.350 e. The Morgan fingerprint density at radius 2 is 2.00 bits per heavy atom. The van der Waals surface area contributed by atoms with Crippen LogP contribution in [0.5, 0.6) is 0 Å². The second-order valence-electron chi connectivity index (χ2n) is 8.61. The first-order chi connectivity index (χ1) is 14.8. The molecule has 0 spiro atoms. The smallest absolute Gasteiger partial charge is 0.290 e. The Hall–Kier alpha value is -2.81. The summed E-state index contributed by atoms with van der Waals surface area (Å²) < 4.78 is 32.2. The van der Waals surface area contributed by atoms with Crippen molar-refractivity contribution in [2.75, 3.05) is 33.7 Å². The van der Waals surface area contributed by atoms with Crippen LogP contribution in [0.3, 0.4) is 0 Å². The van der Waals surface area contributed by atoms with Gasteiger partial charge in [-0.1, -0.05) is 5.16 Å². The zero-order valence-corrected chi connectivity index (χ0v) is 17.6. The number of aromatic nitrogens is 1. The Kier molecular flexibility index (Phi) is 6.04. The Bertz CT molecular complexity index is 973. The lowest BCUT2D eigenvalue weighted by atomic mass is 9.90. The van der Waals surface area contributed by atoms with Crippen molar-refractivity contribution in [3.63, 3.8) is 0 Å². The first-order valence-electron chi connectivity index (χ1n) is 10.5. The lowest BCUT2D eigenvalue weighted by Crippen LogP contribution is -2.55. The van der Waals surface area contributed by atoms with Crippen molar-refractivity contribution in [2.24, 2.45) is 11.8 Å². The molecule has 4 rings (SSSR count). The van der Waals surface area contributed by atoms with Gasteiger partial charge in [0.25, 0.3) is 5.91 Å². The molecule has 2 unspecified atom stereocenters. The molecule has 2 atom stereocenters. The first kappa shape index (κ1) is 21.4. The maximum atomic E-state index is 14.0. The maximum Gasteiger partial charge on any atom is 0.290 e. The van der Waals surface area contributed by atoms with Gasteiger partial charge in [-0.15, -0.1) is 0 Å². The van der Waals surface area contributed by atoms with Crippen LogP contribution >= 0.6 is 0 Å². The highest BCUT2D eigenvalue weighted by atomic mass is 19.1. The highest BCUT2D eigenvalue weighted by molar-refractivity contribution is 5.93. The topological polar surface area (TPSA) is 78.7 Å². The monoisotopic (exact) mass is 432 g/mol. The molecule has 1 aromatic heterocycles. The molecular formula is C22H26F2N4O3. The molecule has 0 radical (unpaired) electrons. The molecule has 7 nitrogen and oxygen atoms in total. The number of piperidine rings is 1. The summed E-state index contributed by atoms with van der Waals surface area (Å²) >= 11 is 0. The number of carbonyl (C=O) groups is 2. The van der Waals surface area contributed by atoms with Crippen LogP contribution in [0, 0.1) is 23.5 Å². The number of carbonyl (C=O) groups excluding carboxylic acids is 2. The van der Waals surface area contributed by atoms with Crippen molar-refractivity contribution in [3.8, 4) is 11.3 Å². The number of rotatable bonds is 6. The number of benzene rings is 1. The first-order valence-corrected chi connectivity index (χ1v) is 10.5. The van der Waals surface area contributed by atoms with Crippen LogP contribution in [0.15, 0.2) is 28.8 Å². The van der Waals surface area contributed by atoms with Crippen LogP contribution in [0.1, 0.15) is 29.8 Å². The summed E-state index contributed by atoms with van der Waals surface area (Å²) in [5.41, 5.74) is 0.140. The fourth-order valence-electron chi connectivity index (χ4n) is 4.05. The van der Waals surface area contributed by atoms with E-state index in [4.69, 9.17) is 4.52 Å². The molecule has 2 aromatic rings. The minimum absolute atomic E-state index is 0.0301. The van der Waals surface area contributed by atoms with Gasteiger partial charge >= 0.3 is 0 Å². The van der Waals surface area contributed by atoms with E-state index in [-0.39, 0.29) is 34.9 Å². The normalized spacial score (nSPS) is 21.7. The van der Waals surface area contributed by atoms with E-state index in [0.29, 0.717) is 13.0 Å². The molecule has 1 N–H and O–H groups in total. The molecule has 1 aromatic carbocycles. The Balaban J connectivity index is 1.46. The van der Waals surface area contributed by atoms with Crippen molar-refractivity contribution in [1.29, 1.82) is 0 Å². The number of nitrogens with zero attached hydrogens (tertiary/aromatic N) is 3. The molecule has 1 saturated heterocycles. The molecule has 166 valence electrons. The van der Waals surface area contributed by atoms with Gasteiger partial charge in [-0.05, 0) is 37.3 Å². The molecule has 9 heteroatoms. The SMILES string of the molecule is CN(C)C(=O)C1CN(CC2CC2)CCC1NC(=O)c1cc(-c2ccc(F)cc2F)no1. The number of hydrogen-bond donors (Lipinski definition) is 1. The van der Waals surface area contributed by atoms with Crippen molar-refractivity contribution < 1.29 is 22.9 Å². The standard InChI is InChI=1S/C22H26F2N4O3/c1-27(2)22(30)16-12-28(11-13-3-4-13)8-7-18(16)25-21(29)20-10-19(26-31-20)15-6-5-14(23)9-17(15)24/h5-6,9-10,13,16,18H,3-4,7-8,11-12H2,1-2H3,(H,25,29). The zero-order valence-electron chi connectivity index (χ0n) is 17.6.